The highest BCUT2D eigenvalue weighted by atomic mass is 16.5. The summed E-state index contributed by atoms with van der Waals surface area (Å²) in [5, 5.41) is 4.02. The maximum absolute atomic E-state index is 13.1. The molecule has 0 radical (unpaired) electrons. The van der Waals surface area contributed by atoms with Crippen LogP contribution in [-0.2, 0) is 17.8 Å². The van der Waals surface area contributed by atoms with E-state index in [0.717, 1.165) is 68.3 Å². The lowest BCUT2D eigenvalue weighted by atomic mass is 9.95. The Bertz CT molecular complexity index is 849. The van der Waals surface area contributed by atoms with Gasteiger partial charge in [-0.25, -0.2) is 0 Å². The summed E-state index contributed by atoms with van der Waals surface area (Å²) in [4.78, 5) is 17.7. The van der Waals surface area contributed by atoms with Gasteiger partial charge in [0.2, 0.25) is 5.91 Å². The van der Waals surface area contributed by atoms with Crippen molar-refractivity contribution in [3.8, 4) is 5.75 Å². The number of para-hydroxylation sites is 1. The fourth-order valence-corrected chi connectivity index (χ4v) is 4.68. The number of aromatic nitrogens is 1. The van der Waals surface area contributed by atoms with Gasteiger partial charge in [-0.2, -0.15) is 0 Å². The number of carbonyl (C=O) groups excluding carboxylic acids is 1. The van der Waals surface area contributed by atoms with Gasteiger partial charge in [-0.05, 0) is 64.1 Å². The first kappa shape index (κ1) is 24.3. The number of benzene rings is 1. The zero-order chi connectivity index (χ0) is 23.1. The van der Waals surface area contributed by atoms with Crippen molar-refractivity contribution in [2.45, 2.75) is 59.9 Å². The van der Waals surface area contributed by atoms with Crippen LogP contribution in [0.4, 0.5) is 0 Å². The van der Waals surface area contributed by atoms with Crippen molar-refractivity contribution in [2.75, 3.05) is 33.3 Å². The van der Waals surface area contributed by atoms with Crippen LogP contribution < -0.4 is 4.74 Å². The highest BCUT2D eigenvalue weighted by Crippen LogP contribution is 2.25. The molecule has 0 N–H and O–H groups in total. The standard InChI is InChI=1S/C26H39N3O3/c1-19(2)16-29(26(30)11-10-24-20(3)27-32-21(24)4)17-22-12-14-28(15-13-22)18-23-8-6-7-9-25(23)31-5/h6-9,19,22H,10-18H2,1-5H3. The number of likely N-dealkylation sites (tertiary alicyclic amines) is 1. The molecule has 0 bridgehead atoms. The minimum atomic E-state index is 0.246. The predicted octanol–water partition coefficient (Wildman–Crippen LogP) is 4.63. The SMILES string of the molecule is COc1ccccc1CN1CCC(CN(CC(C)C)C(=O)CCc2c(C)noc2C)CC1. The Morgan fingerprint density at radius 2 is 1.97 bits per heavy atom. The van der Waals surface area contributed by atoms with Crippen molar-refractivity contribution in [3.63, 3.8) is 0 Å². The number of methoxy groups -OCH3 is 1. The second kappa shape index (κ2) is 11.5. The third kappa shape index (κ3) is 6.58. The molecule has 1 amide bonds. The lowest BCUT2D eigenvalue weighted by molar-refractivity contribution is -0.132. The van der Waals surface area contributed by atoms with Gasteiger partial charge in [0.15, 0.2) is 0 Å². The molecule has 176 valence electrons. The van der Waals surface area contributed by atoms with Crippen molar-refractivity contribution < 1.29 is 14.1 Å². The van der Waals surface area contributed by atoms with Gasteiger partial charge in [-0.1, -0.05) is 37.2 Å². The van der Waals surface area contributed by atoms with Crippen molar-refractivity contribution in [1.82, 2.24) is 15.0 Å². The molecule has 0 aliphatic carbocycles. The fourth-order valence-electron chi connectivity index (χ4n) is 4.68. The summed E-state index contributed by atoms with van der Waals surface area (Å²) in [7, 11) is 1.73. The smallest absolute Gasteiger partial charge is 0.222 e. The third-order valence-electron chi connectivity index (χ3n) is 6.48. The molecule has 1 fully saturated rings. The van der Waals surface area contributed by atoms with E-state index in [4.69, 9.17) is 9.26 Å². The number of ether oxygens (including phenoxy) is 1. The normalized spacial score (nSPS) is 15.3. The van der Waals surface area contributed by atoms with Crippen LogP contribution in [0.25, 0.3) is 0 Å². The molecule has 32 heavy (non-hydrogen) atoms. The molecule has 0 atom stereocenters. The van der Waals surface area contributed by atoms with Crippen LogP contribution in [0.2, 0.25) is 0 Å². The number of nitrogens with zero attached hydrogens (tertiary/aromatic N) is 3. The highest BCUT2D eigenvalue weighted by Gasteiger charge is 2.25. The van der Waals surface area contributed by atoms with Crippen LogP contribution in [0, 0.1) is 25.7 Å². The molecule has 1 aromatic heterocycles. The van der Waals surface area contributed by atoms with Gasteiger partial charge in [-0.15, -0.1) is 0 Å². The zero-order valence-electron chi connectivity index (χ0n) is 20.4. The first-order valence-corrected chi connectivity index (χ1v) is 11.9. The molecule has 1 aliphatic heterocycles. The van der Waals surface area contributed by atoms with Gasteiger partial charge in [0.1, 0.15) is 11.5 Å². The third-order valence-corrected chi connectivity index (χ3v) is 6.48. The van der Waals surface area contributed by atoms with E-state index in [1.54, 1.807) is 7.11 Å². The number of carbonyl (C=O) groups is 1. The quantitative estimate of drug-likeness (QED) is 0.538. The lowest BCUT2D eigenvalue weighted by Crippen LogP contribution is -2.42. The Labute approximate surface area is 192 Å². The minimum Gasteiger partial charge on any atom is -0.496 e. The van der Waals surface area contributed by atoms with E-state index in [1.165, 1.54) is 5.56 Å². The van der Waals surface area contributed by atoms with Crippen molar-refractivity contribution in [1.29, 1.82) is 0 Å². The summed E-state index contributed by atoms with van der Waals surface area (Å²) in [6, 6.07) is 8.26. The van der Waals surface area contributed by atoms with Gasteiger partial charge in [0.25, 0.3) is 0 Å². The van der Waals surface area contributed by atoms with E-state index >= 15 is 0 Å². The molecule has 1 aromatic carbocycles. The number of hydrogen-bond donors (Lipinski definition) is 0. The number of aryl methyl sites for hydroxylation is 2. The summed E-state index contributed by atoms with van der Waals surface area (Å²) >= 11 is 0. The Hall–Kier alpha value is -2.34. The maximum atomic E-state index is 13.1. The van der Waals surface area contributed by atoms with Gasteiger partial charge in [0.05, 0.1) is 12.8 Å². The predicted molar refractivity (Wildman–Crippen MR) is 127 cm³/mol. The monoisotopic (exact) mass is 441 g/mol. The van der Waals surface area contributed by atoms with E-state index in [9.17, 15) is 4.79 Å². The number of hydrogen-bond acceptors (Lipinski definition) is 5. The first-order valence-electron chi connectivity index (χ1n) is 11.9. The van der Waals surface area contributed by atoms with Gasteiger partial charge >= 0.3 is 0 Å². The Kier molecular flexibility index (Phi) is 8.74. The summed E-state index contributed by atoms with van der Waals surface area (Å²) in [6.45, 7) is 13.0. The largest absolute Gasteiger partial charge is 0.496 e. The number of piperidine rings is 1. The van der Waals surface area contributed by atoms with Gasteiger partial charge in [-0.3, -0.25) is 9.69 Å². The molecule has 6 heteroatoms. The van der Waals surface area contributed by atoms with Crippen LogP contribution in [0.1, 0.15) is 55.7 Å². The maximum Gasteiger partial charge on any atom is 0.222 e. The molecular formula is C26H39N3O3. The molecule has 0 unspecified atom stereocenters. The minimum absolute atomic E-state index is 0.246. The van der Waals surface area contributed by atoms with Crippen molar-refractivity contribution >= 4 is 5.91 Å². The van der Waals surface area contributed by atoms with Crippen LogP contribution in [0.5, 0.6) is 5.75 Å². The van der Waals surface area contributed by atoms with E-state index < -0.39 is 0 Å². The lowest BCUT2D eigenvalue weighted by Gasteiger charge is -2.35. The van der Waals surface area contributed by atoms with E-state index in [-0.39, 0.29) is 5.91 Å². The average Bonchev–Trinajstić information content (AvgIpc) is 3.10. The molecule has 1 aliphatic rings. The van der Waals surface area contributed by atoms with Crippen molar-refractivity contribution in [2.24, 2.45) is 11.8 Å². The Morgan fingerprint density at radius 3 is 2.59 bits per heavy atom. The van der Waals surface area contributed by atoms with Crippen LogP contribution >= 0.6 is 0 Å². The zero-order valence-corrected chi connectivity index (χ0v) is 20.4. The second-order valence-electron chi connectivity index (χ2n) is 9.53. The summed E-state index contributed by atoms with van der Waals surface area (Å²) < 4.78 is 10.8. The van der Waals surface area contributed by atoms with Crippen molar-refractivity contribution in [3.05, 3.63) is 46.8 Å². The Balaban J connectivity index is 1.52. The molecule has 2 aromatic rings. The van der Waals surface area contributed by atoms with E-state index in [2.05, 4.69) is 40.9 Å². The van der Waals surface area contributed by atoms with Crippen LogP contribution in [-0.4, -0.2) is 54.2 Å². The van der Waals surface area contributed by atoms with E-state index in [1.807, 2.05) is 26.0 Å². The molecule has 6 nitrogen and oxygen atoms in total. The first-order chi connectivity index (χ1) is 15.4. The fraction of sp³-hybridized carbons (Fsp3) is 0.615. The van der Waals surface area contributed by atoms with Crippen LogP contribution in [0.15, 0.2) is 28.8 Å². The number of rotatable bonds is 10. The summed E-state index contributed by atoms with van der Waals surface area (Å²) in [6.07, 6.45) is 3.47. The Morgan fingerprint density at radius 1 is 1.25 bits per heavy atom. The highest BCUT2D eigenvalue weighted by molar-refractivity contribution is 5.76. The molecule has 3 rings (SSSR count). The molecule has 1 saturated heterocycles. The van der Waals surface area contributed by atoms with Gasteiger partial charge < -0.3 is 14.2 Å². The second-order valence-corrected chi connectivity index (χ2v) is 9.53. The molecule has 2 heterocycles. The number of amides is 1. The molecule has 0 saturated carbocycles. The summed E-state index contributed by atoms with van der Waals surface area (Å²) in [5.74, 6) is 3.05. The molecule has 0 spiro atoms. The molecular weight excluding hydrogens is 402 g/mol. The van der Waals surface area contributed by atoms with Crippen LogP contribution in [0.3, 0.4) is 0 Å². The topological polar surface area (TPSA) is 58.8 Å². The summed E-state index contributed by atoms with van der Waals surface area (Å²) in [5.41, 5.74) is 3.21. The van der Waals surface area contributed by atoms with E-state index in [0.29, 0.717) is 24.7 Å². The average molecular weight is 442 g/mol. The van der Waals surface area contributed by atoms with Gasteiger partial charge in [0, 0.05) is 37.2 Å².